The number of nitrogens with zero attached hydrogens (tertiary/aromatic N) is 3. The van der Waals surface area contributed by atoms with Crippen LogP contribution in [-0.4, -0.2) is 25.8 Å². The third kappa shape index (κ3) is 2.64. The normalized spacial score (nSPS) is 11.6. The lowest BCUT2D eigenvalue weighted by atomic mass is 10.2. The summed E-state index contributed by atoms with van der Waals surface area (Å²) in [6, 6.07) is 3.89. The van der Waals surface area contributed by atoms with Gasteiger partial charge in [-0.25, -0.2) is 9.59 Å². The van der Waals surface area contributed by atoms with Crippen LogP contribution in [0.15, 0.2) is 23.0 Å². The molecule has 2 rings (SSSR count). The zero-order valence-electron chi connectivity index (χ0n) is 12.1. The van der Waals surface area contributed by atoms with Crippen molar-refractivity contribution in [3.05, 3.63) is 38.8 Å². The first kappa shape index (κ1) is 14.8. The highest BCUT2D eigenvalue weighted by Gasteiger charge is 2.24. The maximum Gasteiger partial charge on any atom is 0.423 e. The van der Waals surface area contributed by atoms with Crippen molar-refractivity contribution in [2.45, 2.75) is 26.4 Å². The second-order valence-corrected chi connectivity index (χ2v) is 5.59. The number of nitro benzene ring substituents is 1. The number of carbonyl (C=O) groups excluding carboxylic acids is 1. The zero-order valence-corrected chi connectivity index (χ0v) is 12.1. The summed E-state index contributed by atoms with van der Waals surface area (Å²) in [7, 11) is 1.48. The highest BCUT2D eigenvalue weighted by Crippen LogP contribution is 2.20. The summed E-state index contributed by atoms with van der Waals surface area (Å²) in [5, 5.41) is 10.8. The molecule has 0 amide bonds. The number of hydrogen-bond acceptors (Lipinski definition) is 5. The first-order chi connectivity index (χ1) is 9.61. The Kier molecular flexibility index (Phi) is 3.32. The molecule has 0 saturated heterocycles. The second kappa shape index (κ2) is 4.72. The quantitative estimate of drug-likeness (QED) is 0.592. The lowest BCUT2D eigenvalue weighted by Crippen LogP contribution is -2.33. The number of aryl methyl sites for hydroxylation is 1. The Morgan fingerprint density at radius 3 is 2.43 bits per heavy atom. The fourth-order valence-electron chi connectivity index (χ4n) is 1.93. The van der Waals surface area contributed by atoms with E-state index >= 15 is 0 Å². The van der Waals surface area contributed by atoms with Gasteiger partial charge in [-0.3, -0.25) is 14.7 Å². The van der Waals surface area contributed by atoms with E-state index in [2.05, 4.69) is 0 Å². The summed E-state index contributed by atoms with van der Waals surface area (Å²) in [6.07, 6.45) is -0.862. The average Bonchev–Trinajstić information content (AvgIpc) is 2.59. The molecule has 0 aliphatic heterocycles. The van der Waals surface area contributed by atoms with Gasteiger partial charge in [-0.05, 0) is 26.8 Å². The van der Waals surface area contributed by atoms with Gasteiger partial charge in [0.05, 0.1) is 16.0 Å². The Morgan fingerprint density at radius 2 is 1.90 bits per heavy atom. The average molecular weight is 293 g/mol. The fraction of sp³-hybridized carbons (Fsp3) is 0.385. The minimum Gasteiger partial charge on any atom is -0.443 e. The predicted octanol–water partition coefficient (Wildman–Crippen LogP) is 2.03. The molecule has 112 valence electrons. The van der Waals surface area contributed by atoms with Crippen molar-refractivity contribution >= 4 is 22.8 Å². The van der Waals surface area contributed by atoms with E-state index in [1.54, 1.807) is 20.8 Å². The van der Waals surface area contributed by atoms with Crippen molar-refractivity contribution in [2.24, 2.45) is 7.05 Å². The summed E-state index contributed by atoms with van der Waals surface area (Å²) in [6.45, 7) is 5.01. The molecule has 1 heterocycles. The summed E-state index contributed by atoms with van der Waals surface area (Å²) in [5.74, 6) is 0. The standard InChI is InChI=1S/C13H15N3O5/c1-13(2,3)21-12(18)15-10-7-8(16(19)20)5-6-9(10)14(4)11(15)17/h5-7H,1-4H3. The van der Waals surface area contributed by atoms with Gasteiger partial charge in [-0.2, -0.15) is 4.57 Å². The van der Waals surface area contributed by atoms with Gasteiger partial charge in [0.2, 0.25) is 0 Å². The van der Waals surface area contributed by atoms with Crippen LogP contribution in [0.25, 0.3) is 11.0 Å². The van der Waals surface area contributed by atoms with E-state index in [4.69, 9.17) is 4.74 Å². The molecule has 0 aliphatic carbocycles. The highest BCUT2D eigenvalue weighted by molar-refractivity contribution is 5.88. The summed E-state index contributed by atoms with van der Waals surface area (Å²) in [4.78, 5) is 34.6. The first-order valence-corrected chi connectivity index (χ1v) is 6.21. The summed E-state index contributed by atoms with van der Waals surface area (Å²) >= 11 is 0. The summed E-state index contributed by atoms with van der Waals surface area (Å²) < 4.78 is 7.21. The van der Waals surface area contributed by atoms with Gasteiger partial charge in [0.25, 0.3) is 5.69 Å². The number of carbonyl (C=O) groups is 1. The molecule has 2 aromatic rings. The molecule has 0 unspecified atom stereocenters. The van der Waals surface area contributed by atoms with E-state index in [0.29, 0.717) is 5.52 Å². The van der Waals surface area contributed by atoms with Gasteiger partial charge in [0.15, 0.2) is 0 Å². The third-order valence-electron chi connectivity index (χ3n) is 2.83. The minimum atomic E-state index is -0.862. The smallest absolute Gasteiger partial charge is 0.423 e. The Balaban J connectivity index is 2.70. The lowest BCUT2D eigenvalue weighted by molar-refractivity contribution is -0.384. The lowest BCUT2D eigenvalue weighted by Gasteiger charge is -2.19. The van der Waals surface area contributed by atoms with Crippen molar-refractivity contribution < 1.29 is 14.5 Å². The molecule has 21 heavy (non-hydrogen) atoms. The number of nitro groups is 1. The molecule has 0 N–H and O–H groups in total. The van der Waals surface area contributed by atoms with Gasteiger partial charge in [0, 0.05) is 19.2 Å². The Bertz CT molecular complexity index is 794. The topological polar surface area (TPSA) is 96.4 Å². The zero-order chi connectivity index (χ0) is 15.9. The monoisotopic (exact) mass is 293 g/mol. The number of benzene rings is 1. The number of imidazole rings is 1. The highest BCUT2D eigenvalue weighted by atomic mass is 16.6. The van der Waals surface area contributed by atoms with E-state index in [-0.39, 0.29) is 11.2 Å². The Morgan fingerprint density at radius 1 is 1.29 bits per heavy atom. The van der Waals surface area contributed by atoms with Crippen LogP contribution in [0.2, 0.25) is 0 Å². The van der Waals surface area contributed by atoms with Gasteiger partial charge >= 0.3 is 11.8 Å². The minimum absolute atomic E-state index is 0.144. The SMILES string of the molecule is Cn1c(=O)n(C(=O)OC(C)(C)C)c2cc([N+](=O)[O-])ccc21. The number of aromatic nitrogens is 2. The molecule has 0 radical (unpaired) electrons. The van der Waals surface area contributed by atoms with E-state index in [9.17, 15) is 19.7 Å². The van der Waals surface area contributed by atoms with Crippen LogP contribution in [0.4, 0.5) is 10.5 Å². The molecule has 0 bridgehead atoms. The van der Waals surface area contributed by atoms with Crippen LogP contribution < -0.4 is 5.69 Å². The van der Waals surface area contributed by atoms with Crippen LogP contribution in [0.1, 0.15) is 20.8 Å². The van der Waals surface area contributed by atoms with Crippen molar-refractivity contribution in [3.8, 4) is 0 Å². The molecule has 0 spiro atoms. The molecule has 0 aliphatic rings. The van der Waals surface area contributed by atoms with Gasteiger partial charge in [0.1, 0.15) is 5.60 Å². The van der Waals surface area contributed by atoms with E-state index < -0.39 is 22.3 Å². The molecular formula is C13H15N3O5. The van der Waals surface area contributed by atoms with E-state index in [1.165, 1.54) is 29.8 Å². The fourth-order valence-corrected chi connectivity index (χ4v) is 1.93. The first-order valence-electron chi connectivity index (χ1n) is 6.21. The van der Waals surface area contributed by atoms with Crippen LogP contribution in [0.5, 0.6) is 0 Å². The molecule has 1 aromatic heterocycles. The number of ether oxygens (including phenoxy) is 1. The van der Waals surface area contributed by atoms with Crippen LogP contribution in [-0.2, 0) is 11.8 Å². The molecule has 0 fully saturated rings. The van der Waals surface area contributed by atoms with Crippen molar-refractivity contribution in [3.63, 3.8) is 0 Å². The molecule has 0 atom stereocenters. The molecular weight excluding hydrogens is 278 g/mol. The largest absolute Gasteiger partial charge is 0.443 e. The number of hydrogen-bond donors (Lipinski definition) is 0. The van der Waals surface area contributed by atoms with Gasteiger partial charge in [-0.1, -0.05) is 0 Å². The maximum absolute atomic E-state index is 12.2. The van der Waals surface area contributed by atoms with E-state index in [1.807, 2.05) is 0 Å². The van der Waals surface area contributed by atoms with E-state index in [0.717, 1.165) is 4.57 Å². The second-order valence-electron chi connectivity index (χ2n) is 5.59. The van der Waals surface area contributed by atoms with Gasteiger partial charge < -0.3 is 4.74 Å². The van der Waals surface area contributed by atoms with Crippen molar-refractivity contribution in [2.75, 3.05) is 0 Å². The molecule has 1 aromatic carbocycles. The number of non-ortho nitro benzene ring substituents is 1. The van der Waals surface area contributed by atoms with Crippen LogP contribution in [0.3, 0.4) is 0 Å². The number of rotatable bonds is 1. The van der Waals surface area contributed by atoms with Crippen LogP contribution in [0, 0.1) is 10.1 Å². The van der Waals surface area contributed by atoms with Crippen LogP contribution >= 0.6 is 0 Å². The molecule has 0 saturated carbocycles. The predicted molar refractivity (Wildman–Crippen MR) is 75.5 cm³/mol. The summed E-state index contributed by atoms with van der Waals surface area (Å²) in [5.41, 5.74) is -1.04. The molecule has 8 heteroatoms. The van der Waals surface area contributed by atoms with Crippen molar-refractivity contribution in [1.82, 2.24) is 9.13 Å². The third-order valence-corrected chi connectivity index (χ3v) is 2.83. The van der Waals surface area contributed by atoms with Gasteiger partial charge in [-0.15, -0.1) is 0 Å². The Hall–Kier alpha value is -2.64. The van der Waals surface area contributed by atoms with Crippen molar-refractivity contribution in [1.29, 1.82) is 0 Å². The molecule has 8 nitrogen and oxygen atoms in total. The number of fused-ring (bicyclic) bond motifs is 1. The maximum atomic E-state index is 12.2. The Labute approximate surface area is 119 Å².